The average molecular weight is 364 g/mol. The molecule has 0 radical (unpaired) electrons. The van der Waals surface area contributed by atoms with Gasteiger partial charge in [-0.3, -0.25) is 4.79 Å². The second-order valence-electron chi connectivity index (χ2n) is 5.92. The van der Waals surface area contributed by atoms with Gasteiger partial charge in [0.05, 0.1) is 17.6 Å². The number of halogens is 1. The highest BCUT2D eigenvalue weighted by molar-refractivity contribution is 7.99. The lowest BCUT2D eigenvalue weighted by atomic mass is 10.2. The van der Waals surface area contributed by atoms with E-state index in [1.54, 1.807) is 6.20 Å². The van der Waals surface area contributed by atoms with Crippen molar-refractivity contribution in [3.05, 3.63) is 51.9 Å². The van der Waals surface area contributed by atoms with Crippen molar-refractivity contribution in [3.63, 3.8) is 0 Å². The van der Waals surface area contributed by atoms with E-state index >= 15 is 0 Å². The summed E-state index contributed by atoms with van der Waals surface area (Å²) in [4.78, 5) is 14.9. The predicted molar refractivity (Wildman–Crippen MR) is 103 cm³/mol. The SMILES string of the molecule is CCSC1CCCCN(c2cnn(-c3ccccc3)c(=O)c2Cl)C1. The molecular weight excluding hydrogens is 342 g/mol. The maximum Gasteiger partial charge on any atom is 0.292 e. The minimum Gasteiger partial charge on any atom is -0.368 e. The summed E-state index contributed by atoms with van der Waals surface area (Å²) in [6, 6.07) is 9.38. The Bertz CT molecular complexity index is 735. The third-order valence-corrected chi connectivity index (χ3v) is 5.82. The minimum absolute atomic E-state index is 0.260. The molecule has 128 valence electrons. The largest absolute Gasteiger partial charge is 0.368 e. The summed E-state index contributed by atoms with van der Waals surface area (Å²) in [6.45, 7) is 4.04. The van der Waals surface area contributed by atoms with Crippen molar-refractivity contribution in [3.8, 4) is 5.69 Å². The standard InChI is InChI=1S/C18H22ClN3OS/c1-2-24-15-10-6-7-11-21(13-15)16-12-20-22(18(23)17(16)19)14-8-4-3-5-9-14/h3-5,8-9,12,15H,2,6-7,10-11,13H2,1H3. The van der Waals surface area contributed by atoms with Crippen LogP contribution in [0.3, 0.4) is 0 Å². The van der Waals surface area contributed by atoms with E-state index in [0.717, 1.165) is 36.6 Å². The Morgan fingerprint density at radius 1 is 1.29 bits per heavy atom. The smallest absolute Gasteiger partial charge is 0.292 e. The number of para-hydroxylation sites is 1. The van der Waals surface area contributed by atoms with Crippen LogP contribution in [0.1, 0.15) is 26.2 Å². The van der Waals surface area contributed by atoms with E-state index in [0.29, 0.717) is 5.25 Å². The van der Waals surface area contributed by atoms with Gasteiger partial charge < -0.3 is 4.90 Å². The number of hydrogen-bond acceptors (Lipinski definition) is 4. The lowest BCUT2D eigenvalue weighted by Gasteiger charge is -2.26. The third kappa shape index (κ3) is 3.78. The van der Waals surface area contributed by atoms with Crippen LogP contribution in [0, 0.1) is 0 Å². The molecule has 0 saturated carbocycles. The molecule has 1 atom stereocenters. The van der Waals surface area contributed by atoms with Gasteiger partial charge in [-0.2, -0.15) is 21.5 Å². The van der Waals surface area contributed by atoms with Gasteiger partial charge in [-0.05, 0) is 30.7 Å². The second-order valence-corrected chi connectivity index (χ2v) is 7.87. The van der Waals surface area contributed by atoms with Gasteiger partial charge in [0.15, 0.2) is 0 Å². The molecule has 6 heteroatoms. The summed E-state index contributed by atoms with van der Waals surface area (Å²) in [7, 11) is 0. The van der Waals surface area contributed by atoms with Crippen LogP contribution in [-0.4, -0.2) is 33.9 Å². The Hall–Kier alpha value is -1.46. The monoisotopic (exact) mass is 363 g/mol. The third-order valence-electron chi connectivity index (χ3n) is 4.27. The number of benzene rings is 1. The van der Waals surface area contributed by atoms with Gasteiger partial charge in [-0.15, -0.1) is 0 Å². The zero-order chi connectivity index (χ0) is 16.9. The van der Waals surface area contributed by atoms with Gasteiger partial charge in [0.2, 0.25) is 0 Å². The quantitative estimate of drug-likeness (QED) is 0.823. The molecule has 2 heterocycles. The molecule has 3 rings (SSSR count). The van der Waals surface area contributed by atoms with Crippen LogP contribution >= 0.6 is 23.4 Å². The molecule has 2 aromatic rings. The fraction of sp³-hybridized carbons (Fsp3) is 0.444. The summed E-state index contributed by atoms with van der Waals surface area (Å²) in [6.07, 6.45) is 5.30. The summed E-state index contributed by atoms with van der Waals surface area (Å²) >= 11 is 8.42. The van der Waals surface area contributed by atoms with Crippen molar-refractivity contribution >= 4 is 29.1 Å². The fourth-order valence-electron chi connectivity index (χ4n) is 3.09. The zero-order valence-corrected chi connectivity index (χ0v) is 15.4. The molecule has 1 aliphatic rings. The number of aromatic nitrogens is 2. The van der Waals surface area contributed by atoms with E-state index in [1.807, 2.05) is 42.1 Å². The molecule has 0 bridgehead atoms. The average Bonchev–Trinajstić information content (AvgIpc) is 2.84. The fourth-order valence-corrected chi connectivity index (χ4v) is 4.43. The summed E-state index contributed by atoms with van der Waals surface area (Å²) < 4.78 is 1.36. The normalized spacial score (nSPS) is 18.4. The lowest BCUT2D eigenvalue weighted by molar-refractivity contribution is 0.735. The number of anilines is 1. The van der Waals surface area contributed by atoms with Crippen molar-refractivity contribution in [2.75, 3.05) is 23.7 Å². The molecule has 1 saturated heterocycles. The Labute approximate surface area is 151 Å². The molecule has 1 aromatic carbocycles. The van der Waals surface area contributed by atoms with E-state index in [9.17, 15) is 4.79 Å². The van der Waals surface area contributed by atoms with Crippen molar-refractivity contribution in [2.45, 2.75) is 31.4 Å². The highest BCUT2D eigenvalue weighted by Gasteiger charge is 2.22. The Morgan fingerprint density at radius 3 is 2.83 bits per heavy atom. The molecule has 24 heavy (non-hydrogen) atoms. The Balaban J connectivity index is 1.91. The molecule has 0 amide bonds. The van der Waals surface area contributed by atoms with Crippen molar-refractivity contribution in [2.24, 2.45) is 0 Å². The van der Waals surface area contributed by atoms with Gasteiger partial charge in [-0.25, -0.2) is 0 Å². The summed E-state index contributed by atoms with van der Waals surface area (Å²) in [5, 5.41) is 5.21. The molecule has 4 nitrogen and oxygen atoms in total. The number of nitrogens with zero attached hydrogens (tertiary/aromatic N) is 3. The first kappa shape index (κ1) is 17.4. The minimum atomic E-state index is -0.260. The van der Waals surface area contributed by atoms with Gasteiger partial charge >= 0.3 is 0 Å². The molecule has 1 aromatic heterocycles. The van der Waals surface area contributed by atoms with Crippen LogP contribution in [0.5, 0.6) is 0 Å². The van der Waals surface area contributed by atoms with E-state index < -0.39 is 0 Å². The Morgan fingerprint density at radius 2 is 2.08 bits per heavy atom. The van der Waals surface area contributed by atoms with Crippen LogP contribution in [-0.2, 0) is 0 Å². The van der Waals surface area contributed by atoms with Crippen molar-refractivity contribution < 1.29 is 0 Å². The molecular formula is C18H22ClN3OS. The second kappa shape index (κ2) is 8.08. The Kier molecular flexibility index (Phi) is 5.85. The van der Waals surface area contributed by atoms with Gasteiger partial charge in [-0.1, -0.05) is 43.1 Å². The first-order valence-electron chi connectivity index (χ1n) is 8.40. The maximum atomic E-state index is 12.7. The molecule has 0 spiro atoms. The van der Waals surface area contributed by atoms with Crippen LogP contribution in [0.25, 0.3) is 5.69 Å². The summed E-state index contributed by atoms with van der Waals surface area (Å²) in [5.74, 6) is 1.11. The predicted octanol–water partition coefficient (Wildman–Crippen LogP) is 4.00. The topological polar surface area (TPSA) is 38.1 Å². The number of rotatable bonds is 4. The van der Waals surface area contributed by atoms with Crippen molar-refractivity contribution in [1.82, 2.24) is 9.78 Å². The molecule has 1 fully saturated rings. The van der Waals surface area contributed by atoms with Crippen LogP contribution < -0.4 is 10.5 Å². The maximum absolute atomic E-state index is 12.7. The zero-order valence-electron chi connectivity index (χ0n) is 13.8. The van der Waals surface area contributed by atoms with E-state index in [1.165, 1.54) is 17.5 Å². The van der Waals surface area contributed by atoms with Crippen LogP contribution in [0.4, 0.5) is 5.69 Å². The van der Waals surface area contributed by atoms with Gasteiger partial charge in [0.25, 0.3) is 5.56 Å². The van der Waals surface area contributed by atoms with E-state index in [2.05, 4.69) is 16.9 Å². The van der Waals surface area contributed by atoms with Crippen molar-refractivity contribution in [1.29, 1.82) is 0 Å². The first-order chi connectivity index (χ1) is 11.7. The number of hydrogen-bond donors (Lipinski definition) is 0. The number of thioether (sulfide) groups is 1. The van der Waals surface area contributed by atoms with Crippen LogP contribution in [0.2, 0.25) is 5.02 Å². The molecule has 0 aliphatic carbocycles. The van der Waals surface area contributed by atoms with Gasteiger partial charge in [0, 0.05) is 18.3 Å². The molecule has 1 aliphatic heterocycles. The highest BCUT2D eigenvalue weighted by Crippen LogP contribution is 2.28. The first-order valence-corrected chi connectivity index (χ1v) is 9.83. The summed E-state index contributed by atoms with van der Waals surface area (Å²) in [5.41, 5.74) is 1.23. The van der Waals surface area contributed by atoms with E-state index in [-0.39, 0.29) is 10.6 Å². The highest BCUT2D eigenvalue weighted by atomic mass is 35.5. The van der Waals surface area contributed by atoms with E-state index in [4.69, 9.17) is 11.6 Å². The van der Waals surface area contributed by atoms with Gasteiger partial charge in [0.1, 0.15) is 5.02 Å². The molecule has 1 unspecified atom stereocenters. The molecule has 0 N–H and O–H groups in total. The lowest BCUT2D eigenvalue weighted by Crippen LogP contribution is -2.32. The van der Waals surface area contributed by atoms with Crippen LogP contribution in [0.15, 0.2) is 41.3 Å².